The topological polar surface area (TPSA) is 33.7 Å². The molecule has 0 aliphatic heterocycles. The third kappa shape index (κ3) is 9.70. The Balaban J connectivity index is 4.17. The van der Waals surface area contributed by atoms with Gasteiger partial charge in [-0.1, -0.05) is 20.8 Å². The van der Waals surface area contributed by atoms with E-state index in [9.17, 15) is 0 Å². The van der Waals surface area contributed by atoms with Gasteiger partial charge in [0.2, 0.25) is 0 Å². The minimum Gasteiger partial charge on any atom is -0.380 e. The molecule has 1 N–H and O–H groups in total. The van der Waals surface area contributed by atoms with Crippen LogP contribution in [0.2, 0.25) is 0 Å². The van der Waals surface area contributed by atoms with Crippen molar-refractivity contribution in [2.45, 2.75) is 47.1 Å². The van der Waals surface area contributed by atoms with Crippen LogP contribution < -0.4 is 5.32 Å². The molecule has 122 valence electrons. The van der Waals surface area contributed by atoms with E-state index in [-0.39, 0.29) is 0 Å². The Morgan fingerprint density at radius 2 is 1.45 bits per heavy atom. The summed E-state index contributed by atoms with van der Waals surface area (Å²) in [7, 11) is 2.06. The van der Waals surface area contributed by atoms with Gasteiger partial charge >= 0.3 is 0 Å². The second-order valence-corrected chi connectivity index (χ2v) is 6.23. The number of ether oxygens (including phenoxy) is 2. The second-order valence-electron chi connectivity index (χ2n) is 6.23. The molecule has 0 aliphatic carbocycles. The first kappa shape index (κ1) is 19.8. The molecule has 1 atom stereocenters. The van der Waals surface area contributed by atoms with E-state index in [1.807, 2.05) is 13.8 Å². The number of nitrogens with one attached hydrogen (secondary N) is 1. The molecule has 0 aliphatic rings. The van der Waals surface area contributed by atoms with Crippen LogP contribution in [0.25, 0.3) is 0 Å². The molecule has 4 nitrogen and oxygen atoms in total. The number of nitrogens with zero attached hydrogens (tertiary/aromatic N) is 1. The predicted molar refractivity (Wildman–Crippen MR) is 86.3 cm³/mol. The van der Waals surface area contributed by atoms with Gasteiger partial charge in [0.15, 0.2) is 0 Å². The van der Waals surface area contributed by atoms with E-state index in [0.29, 0.717) is 11.5 Å². The molecule has 0 saturated heterocycles. The summed E-state index contributed by atoms with van der Waals surface area (Å²) in [6.45, 7) is 17.2. The lowest BCUT2D eigenvalue weighted by atomic mass is 9.85. The van der Waals surface area contributed by atoms with Crippen molar-refractivity contribution < 1.29 is 9.47 Å². The molecule has 0 radical (unpaired) electrons. The zero-order chi connectivity index (χ0) is 15.4. The summed E-state index contributed by atoms with van der Waals surface area (Å²) in [6, 6.07) is 0.532. The van der Waals surface area contributed by atoms with Gasteiger partial charge in [-0.2, -0.15) is 0 Å². The van der Waals surface area contributed by atoms with Crippen molar-refractivity contribution in [3.63, 3.8) is 0 Å². The van der Waals surface area contributed by atoms with Gasteiger partial charge in [-0.25, -0.2) is 0 Å². The zero-order valence-electron chi connectivity index (χ0n) is 14.5. The third-order valence-electron chi connectivity index (χ3n) is 3.64. The van der Waals surface area contributed by atoms with Crippen LogP contribution in [0.3, 0.4) is 0 Å². The normalized spacial score (nSPS) is 13.9. The average molecular weight is 288 g/mol. The number of hydrogen-bond acceptors (Lipinski definition) is 4. The molecule has 0 rings (SSSR count). The van der Waals surface area contributed by atoms with Gasteiger partial charge in [0.25, 0.3) is 0 Å². The van der Waals surface area contributed by atoms with E-state index in [2.05, 4.69) is 38.0 Å². The fourth-order valence-electron chi connectivity index (χ4n) is 2.33. The smallest absolute Gasteiger partial charge is 0.0593 e. The summed E-state index contributed by atoms with van der Waals surface area (Å²) < 4.78 is 10.9. The molecular formula is C16H36N2O2. The van der Waals surface area contributed by atoms with Gasteiger partial charge in [0, 0.05) is 32.3 Å². The van der Waals surface area contributed by atoms with E-state index in [4.69, 9.17) is 9.47 Å². The molecule has 0 aromatic carbocycles. The fraction of sp³-hybridized carbons (Fsp3) is 1.00. The van der Waals surface area contributed by atoms with Crippen LogP contribution in [-0.2, 0) is 9.47 Å². The molecule has 1 unspecified atom stereocenters. The van der Waals surface area contributed by atoms with Crippen LogP contribution in [0, 0.1) is 5.41 Å². The minimum absolute atomic E-state index is 0.292. The van der Waals surface area contributed by atoms with E-state index >= 15 is 0 Å². The Hall–Kier alpha value is -0.160. The van der Waals surface area contributed by atoms with E-state index in [1.165, 1.54) is 0 Å². The monoisotopic (exact) mass is 288 g/mol. The zero-order valence-corrected chi connectivity index (χ0v) is 14.5. The largest absolute Gasteiger partial charge is 0.380 e. The van der Waals surface area contributed by atoms with Crippen LogP contribution in [0.1, 0.15) is 41.0 Å². The van der Waals surface area contributed by atoms with E-state index < -0.39 is 0 Å². The molecule has 0 aromatic rings. The Labute approximate surface area is 126 Å². The highest BCUT2D eigenvalue weighted by Gasteiger charge is 2.23. The first-order valence-corrected chi connectivity index (χ1v) is 8.00. The van der Waals surface area contributed by atoms with Crippen LogP contribution in [0.5, 0.6) is 0 Å². The SMILES string of the molecule is CCOCCN(CCOCC)CCC(NC)C(C)(C)C. The highest BCUT2D eigenvalue weighted by atomic mass is 16.5. The maximum Gasteiger partial charge on any atom is 0.0593 e. The summed E-state index contributed by atoms with van der Waals surface area (Å²) in [4.78, 5) is 2.45. The molecule has 0 amide bonds. The van der Waals surface area contributed by atoms with Gasteiger partial charge in [0.1, 0.15) is 0 Å². The maximum atomic E-state index is 5.47. The van der Waals surface area contributed by atoms with Gasteiger partial charge in [-0.15, -0.1) is 0 Å². The first-order chi connectivity index (χ1) is 9.45. The predicted octanol–water partition coefficient (Wildman–Crippen LogP) is 2.39. The lowest BCUT2D eigenvalue weighted by molar-refractivity contribution is 0.0786. The summed E-state index contributed by atoms with van der Waals surface area (Å²) >= 11 is 0. The summed E-state index contributed by atoms with van der Waals surface area (Å²) in [5.74, 6) is 0. The van der Waals surface area contributed by atoms with E-state index in [1.54, 1.807) is 0 Å². The van der Waals surface area contributed by atoms with Crippen molar-refractivity contribution in [2.24, 2.45) is 5.41 Å². The molecule has 20 heavy (non-hydrogen) atoms. The third-order valence-corrected chi connectivity index (χ3v) is 3.64. The van der Waals surface area contributed by atoms with Crippen molar-refractivity contribution in [1.29, 1.82) is 0 Å². The Morgan fingerprint density at radius 1 is 0.950 bits per heavy atom. The van der Waals surface area contributed by atoms with Crippen molar-refractivity contribution in [2.75, 3.05) is 53.1 Å². The first-order valence-electron chi connectivity index (χ1n) is 8.00. The molecule has 0 aromatic heterocycles. The molecule has 0 spiro atoms. The lowest BCUT2D eigenvalue weighted by Gasteiger charge is -2.32. The van der Waals surface area contributed by atoms with Gasteiger partial charge in [-0.3, -0.25) is 4.90 Å². The summed E-state index contributed by atoms with van der Waals surface area (Å²) in [5.41, 5.74) is 0.292. The van der Waals surface area contributed by atoms with Crippen molar-refractivity contribution in [3.05, 3.63) is 0 Å². The highest BCUT2D eigenvalue weighted by Crippen LogP contribution is 2.21. The van der Waals surface area contributed by atoms with Crippen LogP contribution >= 0.6 is 0 Å². The second kappa shape index (κ2) is 11.5. The molecule has 4 heteroatoms. The molecule has 0 saturated carbocycles. The Kier molecular flexibility index (Phi) is 11.4. The molecule has 0 heterocycles. The van der Waals surface area contributed by atoms with Crippen molar-refractivity contribution >= 4 is 0 Å². The standard InChI is InChI=1S/C16H36N2O2/c1-7-19-13-11-18(12-14-20-8-2)10-9-15(17-6)16(3,4)5/h15,17H,7-14H2,1-6H3. The molecule has 0 bridgehead atoms. The fourth-order valence-corrected chi connectivity index (χ4v) is 2.33. The van der Waals surface area contributed by atoms with Crippen molar-refractivity contribution in [1.82, 2.24) is 10.2 Å². The summed E-state index contributed by atoms with van der Waals surface area (Å²) in [6.07, 6.45) is 1.15. The Bertz CT molecular complexity index is 207. The Morgan fingerprint density at radius 3 is 1.80 bits per heavy atom. The number of hydrogen-bond donors (Lipinski definition) is 1. The van der Waals surface area contributed by atoms with Crippen LogP contribution in [0.15, 0.2) is 0 Å². The van der Waals surface area contributed by atoms with Crippen LogP contribution in [0.4, 0.5) is 0 Å². The van der Waals surface area contributed by atoms with Crippen molar-refractivity contribution in [3.8, 4) is 0 Å². The minimum atomic E-state index is 0.292. The highest BCUT2D eigenvalue weighted by molar-refractivity contribution is 4.80. The average Bonchev–Trinajstić information content (AvgIpc) is 2.37. The summed E-state index contributed by atoms with van der Waals surface area (Å²) in [5, 5.41) is 3.44. The maximum absolute atomic E-state index is 5.47. The quantitative estimate of drug-likeness (QED) is 0.559. The van der Waals surface area contributed by atoms with Gasteiger partial charge in [-0.05, 0) is 39.3 Å². The number of rotatable bonds is 12. The van der Waals surface area contributed by atoms with Gasteiger partial charge in [0.05, 0.1) is 13.2 Å². The van der Waals surface area contributed by atoms with Gasteiger partial charge < -0.3 is 14.8 Å². The molecule has 0 fully saturated rings. The van der Waals surface area contributed by atoms with Crippen LogP contribution in [-0.4, -0.2) is 64.1 Å². The van der Waals surface area contributed by atoms with E-state index in [0.717, 1.165) is 52.5 Å². The molecular weight excluding hydrogens is 252 g/mol. The lowest BCUT2D eigenvalue weighted by Crippen LogP contribution is -2.42.